The van der Waals surface area contributed by atoms with Crippen molar-refractivity contribution >= 4 is 79.2 Å². The number of rotatable bonds is 9. The summed E-state index contributed by atoms with van der Waals surface area (Å²) in [6.45, 7) is -0.166. The van der Waals surface area contributed by atoms with Crippen LogP contribution in [0.15, 0.2) is 314 Å². The van der Waals surface area contributed by atoms with Crippen LogP contribution in [0.1, 0.15) is 0 Å². The second-order valence-corrected chi connectivity index (χ2v) is 21.6. The van der Waals surface area contributed by atoms with Gasteiger partial charge in [0.25, 0.3) is 6.71 Å². The maximum atomic E-state index is 6.49. The molecule has 0 unspecified atom stereocenters. The molecule has 0 fully saturated rings. The van der Waals surface area contributed by atoms with E-state index in [1.54, 1.807) is 0 Å². The summed E-state index contributed by atoms with van der Waals surface area (Å²) in [6, 6.07) is 114. The lowest BCUT2D eigenvalue weighted by Crippen LogP contribution is -2.61. The molecule has 0 radical (unpaired) electrons. The number of anilines is 6. The van der Waals surface area contributed by atoms with E-state index in [1.165, 1.54) is 38.6 Å². The molecule has 0 saturated carbocycles. The lowest BCUT2D eigenvalue weighted by Gasteiger charge is -2.45. The highest BCUT2D eigenvalue weighted by Gasteiger charge is 2.44. The number of hydrogen-bond donors (Lipinski definition) is 0. The predicted octanol–water partition coefficient (Wildman–Crippen LogP) is 19.3. The molecule has 0 bridgehead atoms. The Balaban J connectivity index is 1.04. The zero-order valence-electron chi connectivity index (χ0n) is 44.8. The fourth-order valence-corrected chi connectivity index (χ4v) is 12.9. The van der Waals surface area contributed by atoms with E-state index in [1.807, 2.05) is 6.07 Å². The fraction of sp³-hybridized carbons (Fsp3) is 0. The van der Waals surface area contributed by atoms with Gasteiger partial charge in [0.2, 0.25) is 0 Å². The molecule has 2 aliphatic heterocycles. The molecular weight excluding hydrogens is 992 g/mol. The molecule has 0 saturated heterocycles. The number of nitrogens with zero attached hydrogens (tertiary/aromatic N) is 2. The van der Waals surface area contributed by atoms with E-state index >= 15 is 0 Å². The van der Waals surface area contributed by atoms with Crippen LogP contribution in [0.5, 0.6) is 0 Å². The minimum atomic E-state index is -0.166. The summed E-state index contributed by atoms with van der Waals surface area (Å²) in [5.74, 6) is 0. The first-order valence-electron chi connectivity index (χ1n) is 28.2. The van der Waals surface area contributed by atoms with Crippen LogP contribution in [0.2, 0.25) is 0 Å². The van der Waals surface area contributed by atoms with Crippen LogP contribution in [0.3, 0.4) is 0 Å². The molecule has 3 heterocycles. The van der Waals surface area contributed by atoms with Crippen LogP contribution in [-0.4, -0.2) is 6.71 Å². The molecule has 4 heteroatoms. The van der Waals surface area contributed by atoms with Crippen LogP contribution < -0.4 is 26.2 Å². The van der Waals surface area contributed by atoms with Gasteiger partial charge in [-0.15, -0.1) is 0 Å². The first-order valence-corrected chi connectivity index (χ1v) is 28.2. The Labute approximate surface area is 478 Å². The van der Waals surface area contributed by atoms with Gasteiger partial charge in [-0.05, 0) is 173 Å². The molecule has 0 atom stereocenters. The standard InChI is InChI=1S/C78H51BN2O/c1-7-21-52(22-8-1)59-35-38-72-70(48-59)79-71-49-60(53-23-9-2-10-24-53)36-39-73(71)81(67-45-63(56-29-15-5-16-30-56)42-64(46-67)57-31-17-6-18-32-57)75-51-65(58-37-40-77-69(47-58)68-33-19-20-34-76(68)82-77)50-74(78(75)79)80(72)66-43-61(54-25-11-3-12-26-54)41-62(44-66)55-27-13-4-14-28-55/h1-51H. The molecule has 3 nitrogen and oxygen atoms in total. The molecule has 0 aliphatic carbocycles. The quantitative estimate of drug-likeness (QED) is 0.134. The molecule has 14 aromatic rings. The van der Waals surface area contributed by atoms with Gasteiger partial charge in [-0.3, -0.25) is 0 Å². The second kappa shape index (κ2) is 19.6. The van der Waals surface area contributed by atoms with Gasteiger partial charge in [0.05, 0.1) is 0 Å². The summed E-state index contributed by atoms with van der Waals surface area (Å²) in [4.78, 5) is 5.15. The largest absolute Gasteiger partial charge is 0.456 e. The van der Waals surface area contributed by atoms with Gasteiger partial charge in [0.15, 0.2) is 0 Å². The van der Waals surface area contributed by atoms with Crippen molar-refractivity contribution in [2.24, 2.45) is 0 Å². The number of furan rings is 1. The Morgan fingerprint density at radius 1 is 0.220 bits per heavy atom. The van der Waals surface area contributed by atoms with Gasteiger partial charge >= 0.3 is 0 Å². The highest BCUT2D eigenvalue weighted by atomic mass is 16.3. The third kappa shape index (κ3) is 8.15. The number of fused-ring (bicyclic) bond motifs is 7. The zero-order chi connectivity index (χ0) is 54.1. The summed E-state index contributed by atoms with van der Waals surface area (Å²) < 4.78 is 6.49. The molecule has 0 spiro atoms. The van der Waals surface area contributed by atoms with E-state index in [4.69, 9.17) is 4.42 Å². The Hall–Kier alpha value is -10.7. The average molecular weight is 1040 g/mol. The number of para-hydroxylation sites is 1. The Kier molecular flexibility index (Phi) is 11.3. The van der Waals surface area contributed by atoms with Crippen molar-refractivity contribution in [3.63, 3.8) is 0 Å². The van der Waals surface area contributed by atoms with Crippen LogP contribution in [0.25, 0.3) is 99.8 Å². The summed E-state index contributed by atoms with van der Waals surface area (Å²) in [5, 5.41) is 2.19. The average Bonchev–Trinajstić information content (AvgIpc) is 3.48. The summed E-state index contributed by atoms with van der Waals surface area (Å²) in [7, 11) is 0. The zero-order valence-corrected chi connectivity index (χ0v) is 44.8. The molecule has 2 aliphatic rings. The summed E-state index contributed by atoms with van der Waals surface area (Å²) >= 11 is 0. The van der Waals surface area contributed by atoms with Crippen molar-refractivity contribution in [3.8, 4) is 77.9 Å². The van der Waals surface area contributed by atoms with E-state index in [0.29, 0.717) is 0 Å². The van der Waals surface area contributed by atoms with Crippen LogP contribution in [0, 0.1) is 0 Å². The van der Waals surface area contributed by atoms with E-state index in [-0.39, 0.29) is 6.71 Å². The van der Waals surface area contributed by atoms with Gasteiger partial charge in [0.1, 0.15) is 11.2 Å². The lowest BCUT2D eigenvalue weighted by atomic mass is 9.33. The van der Waals surface area contributed by atoms with Gasteiger partial charge in [-0.2, -0.15) is 0 Å². The maximum Gasteiger partial charge on any atom is 0.252 e. The van der Waals surface area contributed by atoms with E-state index in [2.05, 4.69) is 313 Å². The molecule has 382 valence electrons. The third-order valence-electron chi connectivity index (χ3n) is 16.8. The normalized spacial score (nSPS) is 12.3. The fourth-order valence-electron chi connectivity index (χ4n) is 12.9. The van der Waals surface area contributed by atoms with Crippen LogP contribution in [0.4, 0.5) is 34.1 Å². The van der Waals surface area contributed by atoms with Crippen LogP contribution >= 0.6 is 0 Å². The minimum absolute atomic E-state index is 0.166. The molecule has 0 N–H and O–H groups in total. The van der Waals surface area contributed by atoms with E-state index < -0.39 is 0 Å². The topological polar surface area (TPSA) is 19.6 Å². The summed E-state index contributed by atoms with van der Waals surface area (Å²) in [5.41, 5.74) is 28.3. The molecular formula is C78H51BN2O. The maximum absolute atomic E-state index is 6.49. The van der Waals surface area contributed by atoms with E-state index in [0.717, 1.165) is 112 Å². The predicted molar refractivity (Wildman–Crippen MR) is 346 cm³/mol. The monoisotopic (exact) mass is 1040 g/mol. The van der Waals surface area contributed by atoms with Crippen molar-refractivity contribution < 1.29 is 4.42 Å². The SMILES string of the molecule is c1ccc(-c2cc(-c3ccccc3)cc(N3c4ccc(-c5ccccc5)cc4B4c5cc(-c6ccccc6)ccc5N(c5cc(-c6ccccc6)cc(-c6ccccc6)c5)c5cc(-c6ccc7oc8ccccc8c7c6)cc3c54)c2)cc1. The van der Waals surface area contributed by atoms with Gasteiger partial charge in [-0.25, -0.2) is 0 Å². The molecule has 0 amide bonds. The number of benzene rings is 13. The van der Waals surface area contributed by atoms with Crippen LogP contribution in [-0.2, 0) is 0 Å². The van der Waals surface area contributed by atoms with Gasteiger partial charge in [0, 0.05) is 44.9 Å². The first kappa shape index (κ1) is 47.3. The van der Waals surface area contributed by atoms with Crippen molar-refractivity contribution in [2.75, 3.05) is 9.80 Å². The molecule has 82 heavy (non-hydrogen) atoms. The molecule has 16 rings (SSSR count). The van der Waals surface area contributed by atoms with Crippen molar-refractivity contribution in [2.45, 2.75) is 0 Å². The Bertz CT molecular complexity index is 4380. The van der Waals surface area contributed by atoms with Crippen molar-refractivity contribution in [1.82, 2.24) is 0 Å². The second-order valence-electron chi connectivity index (χ2n) is 21.6. The minimum Gasteiger partial charge on any atom is -0.456 e. The Morgan fingerprint density at radius 2 is 0.549 bits per heavy atom. The highest BCUT2D eigenvalue weighted by molar-refractivity contribution is 7.00. The van der Waals surface area contributed by atoms with Gasteiger partial charge in [-0.1, -0.05) is 231 Å². The first-order chi connectivity index (χ1) is 40.6. The van der Waals surface area contributed by atoms with Crippen molar-refractivity contribution in [3.05, 3.63) is 309 Å². The van der Waals surface area contributed by atoms with Gasteiger partial charge < -0.3 is 14.2 Å². The number of hydrogen-bond acceptors (Lipinski definition) is 3. The lowest BCUT2D eigenvalue weighted by molar-refractivity contribution is 0.669. The third-order valence-corrected chi connectivity index (χ3v) is 16.8. The van der Waals surface area contributed by atoms with Crippen molar-refractivity contribution in [1.29, 1.82) is 0 Å². The highest BCUT2D eigenvalue weighted by Crippen LogP contribution is 2.50. The Morgan fingerprint density at radius 3 is 0.963 bits per heavy atom. The molecule has 1 aromatic heterocycles. The smallest absolute Gasteiger partial charge is 0.252 e. The summed E-state index contributed by atoms with van der Waals surface area (Å²) in [6.07, 6.45) is 0. The van der Waals surface area contributed by atoms with E-state index in [9.17, 15) is 0 Å². The molecule has 13 aromatic carbocycles.